The monoisotopic (exact) mass is 517 g/mol. The van der Waals surface area contributed by atoms with Crippen LogP contribution in [0.25, 0.3) is 0 Å². The van der Waals surface area contributed by atoms with Crippen LogP contribution in [-0.2, 0) is 24.7 Å². The molecule has 7 nitrogen and oxygen atoms in total. The molecule has 0 radical (unpaired) electrons. The highest BCUT2D eigenvalue weighted by Crippen LogP contribution is 2.49. The lowest BCUT2D eigenvalue weighted by Gasteiger charge is -2.44. The average Bonchev–Trinajstić information content (AvgIpc) is 3.49. The Hall–Kier alpha value is -2.38. The standard InChI is InChI=1S/C31H43N5O2/c1-20(2)35-14-4-6-24(35)19-38-30-33-28-16-31(12-3-5-21-7-10-25(37)15-27(21)31)13-11-26(28)29(34-30)36-22-8-9-23(36)18-32-17-22/h7,10,15,20,22-24,32,37H,3-6,8-9,11-14,16-19H2,1-2H3/t22-,23+,24-,31?/m0/s1. The lowest BCUT2D eigenvalue weighted by molar-refractivity contribution is 0.138. The van der Waals surface area contributed by atoms with Crippen LogP contribution < -0.4 is 15.0 Å². The summed E-state index contributed by atoms with van der Waals surface area (Å²) in [5.74, 6) is 1.53. The molecule has 4 atom stereocenters. The highest BCUT2D eigenvalue weighted by atomic mass is 16.5. The second-order valence-corrected chi connectivity index (χ2v) is 12.8. The number of nitrogens with one attached hydrogen (secondary N) is 1. The highest BCUT2D eigenvalue weighted by Gasteiger charge is 2.44. The fourth-order valence-electron chi connectivity index (χ4n) is 8.43. The number of aryl methyl sites for hydroxylation is 1. The number of phenols is 1. The van der Waals surface area contributed by atoms with Crippen LogP contribution in [0.4, 0.5) is 5.82 Å². The summed E-state index contributed by atoms with van der Waals surface area (Å²) < 4.78 is 6.48. The van der Waals surface area contributed by atoms with Gasteiger partial charge in [-0.25, -0.2) is 0 Å². The minimum atomic E-state index is 0.0462. The van der Waals surface area contributed by atoms with Crippen LogP contribution in [0.1, 0.15) is 81.2 Å². The summed E-state index contributed by atoms with van der Waals surface area (Å²) >= 11 is 0. The molecule has 3 fully saturated rings. The van der Waals surface area contributed by atoms with Crippen LogP contribution in [0.15, 0.2) is 18.2 Å². The zero-order chi connectivity index (χ0) is 25.9. The molecule has 1 unspecified atom stereocenters. The molecule has 2 aromatic rings. The molecule has 2 aliphatic carbocycles. The number of aromatic nitrogens is 2. The topological polar surface area (TPSA) is 73.8 Å². The predicted octanol–water partition coefficient (Wildman–Crippen LogP) is 4.14. The number of likely N-dealkylation sites (tertiary alicyclic amines) is 1. The first-order chi connectivity index (χ1) is 18.5. The molecule has 7 rings (SSSR count). The Labute approximate surface area is 227 Å². The van der Waals surface area contributed by atoms with Crippen molar-refractivity contribution >= 4 is 5.82 Å². The molecule has 0 amide bonds. The van der Waals surface area contributed by atoms with Crippen LogP contribution in [0.2, 0.25) is 0 Å². The predicted molar refractivity (Wildman–Crippen MR) is 149 cm³/mol. The quantitative estimate of drug-likeness (QED) is 0.618. The average molecular weight is 518 g/mol. The van der Waals surface area contributed by atoms with Gasteiger partial charge in [-0.3, -0.25) is 4.90 Å². The number of benzene rings is 1. The van der Waals surface area contributed by atoms with Crippen molar-refractivity contribution in [1.82, 2.24) is 20.2 Å². The number of fused-ring (bicyclic) bond motifs is 5. The van der Waals surface area contributed by atoms with Crippen LogP contribution in [0.5, 0.6) is 11.8 Å². The van der Waals surface area contributed by atoms with E-state index in [4.69, 9.17) is 14.7 Å². The van der Waals surface area contributed by atoms with Gasteiger partial charge in [0.25, 0.3) is 0 Å². The van der Waals surface area contributed by atoms with Gasteiger partial charge in [0.1, 0.15) is 18.2 Å². The van der Waals surface area contributed by atoms with Gasteiger partial charge in [-0.15, -0.1) is 0 Å². The maximum absolute atomic E-state index is 10.4. The number of rotatable bonds is 5. The molecule has 3 aliphatic heterocycles. The maximum atomic E-state index is 10.4. The normalized spacial score (nSPS) is 30.6. The Kier molecular flexibility index (Phi) is 6.27. The van der Waals surface area contributed by atoms with Gasteiger partial charge in [0.05, 0.1) is 5.69 Å². The summed E-state index contributed by atoms with van der Waals surface area (Å²) in [5, 5.41) is 14.0. The van der Waals surface area contributed by atoms with Gasteiger partial charge in [0, 0.05) is 48.2 Å². The van der Waals surface area contributed by atoms with Crippen LogP contribution in [-0.4, -0.2) is 70.4 Å². The molecule has 2 N–H and O–H groups in total. The largest absolute Gasteiger partial charge is 0.508 e. The van der Waals surface area contributed by atoms with Gasteiger partial charge in [-0.05, 0) is 108 Å². The summed E-state index contributed by atoms with van der Waals surface area (Å²) in [7, 11) is 0. The van der Waals surface area contributed by atoms with E-state index in [1.54, 1.807) is 0 Å². The van der Waals surface area contributed by atoms with Crippen molar-refractivity contribution in [2.45, 2.75) is 108 Å². The summed E-state index contributed by atoms with van der Waals surface area (Å²) in [5.41, 5.74) is 5.32. The first kappa shape index (κ1) is 24.6. The van der Waals surface area contributed by atoms with E-state index in [2.05, 4.69) is 35.0 Å². The maximum Gasteiger partial charge on any atom is 0.318 e. The van der Waals surface area contributed by atoms with E-state index in [0.29, 0.717) is 42.5 Å². The summed E-state index contributed by atoms with van der Waals surface area (Å²) in [4.78, 5) is 15.5. The van der Waals surface area contributed by atoms with Gasteiger partial charge < -0.3 is 20.1 Å². The van der Waals surface area contributed by atoms with Gasteiger partial charge in [-0.2, -0.15) is 9.97 Å². The number of anilines is 1. The number of nitrogens with zero attached hydrogens (tertiary/aromatic N) is 4. The third-order valence-corrected chi connectivity index (χ3v) is 10.3. The lowest BCUT2D eigenvalue weighted by atomic mass is 9.62. The fourth-order valence-corrected chi connectivity index (χ4v) is 8.43. The Balaban J connectivity index is 1.25. The van der Waals surface area contributed by atoms with E-state index in [9.17, 15) is 5.11 Å². The Morgan fingerprint density at radius 1 is 1.08 bits per heavy atom. The molecule has 0 saturated carbocycles. The molecule has 1 aromatic heterocycles. The molecule has 7 heteroatoms. The van der Waals surface area contributed by atoms with Crippen LogP contribution >= 0.6 is 0 Å². The third-order valence-electron chi connectivity index (χ3n) is 10.3. The van der Waals surface area contributed by atoms with Crippen LogP contribution in [0, 0.1) is 0 Å². The molecule has 1 spiro atoms. The fraction of sp³-hybridized carbons (Fsp3) is 0.677. The number of ether oxygens (including phenoxy) is 1. The van der Waals surface area contributed by atoms with Crippen molar-refractivity contribution in [2.75, 3.05) is 31.1 Å². The molecule has 38 heavy (non-hydrogen) atoms. The van der Waals surface area contributed by atoms with E-state index in [0.717, 1.165) is 57.6 Å². The van der Waals surface area contributed by atoms with Crippen molar-refractivity contribution in [2.24, 2.45) is 0 Å². The summed E-state index contributed by atoms with van der Waals surface area (Å²) in [6.45, 7) is 8.45. The van der Waals surface area contributed by atoms with Crippen molar-refractivity contribution in [3.63, 3.8) is 0 Å². The Morgan fingerprint density at radius 2 is 1.92 bits per heavy atom. The number of aromatic hydroxyl groups is 1. The minimum absolute atomic E-state index is 0.0462. The number of hydrogen-bond donors (Lipinski definition) is 2. The summed E-state index contributed by atoms with van der Waals surface area (Å²) in [6.07, 6.45) is 11.3. The molecular weight excluding hydrogens is 474 g/mol. The Bertz CT molecular complexity index is 1190. The second-order valence-electron chi connectivity index (χ2n) is 12.8. The molecular formula is C31H43N5O2. The molecule has 1 aromatic carbocycles. The third kappa shape index (κ3) is 4.17. The zero-order valence-electron chi connectivity index (χ0n) is 23.1. The highest BCUT2D eigenvalue weighted by molar-refractivity contribution is 5.56. The van der Waals surface area contributed by atoms with E-state index >= 15 is 0 Å². The van der Waals surface area contributed by atoms with E-state index in [1.165, 1.54) is 54.5 Å². The van der Waals surface area contributed by atoms with Gasteiger partial charge in [0.2, 0.25) is 0 Å². The second kappa shape index (κ2) is 9.67. The smallest absolute Gasteiger partial charge is 0.318 e. The van der Waals surface area contributed by atoms with Crippen LogP contribution in [0.3, 0.4) is 0 Å². The van der Waals surface area contributed by atoms with Crippen molar-refractivity contribution in [3.05, 3.63) is 40.6 Å². The molecule has 204 valence electrons. The van der Waals surface area contributed by atoms with E-state index in [-0.39, 0.29) is 5.41 Å². The van der Waals surface area contributed by atoms with Gasteiger partial charge in [-0.1, -0.05) is 6.07 Å². The SMILES string of the molecule is CC(C)N1CCC[C@H]1COc1nc2c(c(N3[C@@H]4CC[C@H]3CNC4)n1)CCC1(CCCc3ccc(O)cc31)C2. The molecule has 4 heterocycles. The van der Waals surface area contributed by atoms with Gasteiger partial charge >= 0.3 is 6.01 Å². The van der Waals surface area contributed by atoms with E-state index < -0.39 is 0 Å². The molecule has 2 bridgehead atoms. The lowest BCUT2D eigenvalue weighted by Crippen LogP contribution is -2.53. The number of piperazine rings is 1. The van der Waals surface area contributed by atoms with Gasteiger partial charge in [0.15, 0.2) is 0 Å². The first-order valence-electron chi connectivity index (χ1n) is 15.1. The van der Waals surface area contributed by atoms with E-state index in [1.807, 2.05) is 12.1 Å². The van der Waals surface area contributed by atoms with Crippen molar-refractivity contribution < 1.29 is 9.84 Å². The Morgan fingerprint density at radius 3 is 2.74 bits per heavy atom. The first-order valence-corrected chi connectivity index (χ1v) is 15.1. The molecule has 5 aliphatic rings. The van der Waals surface area contributed by atoms with Crippen molar-refractivity contribution in [1.29, 1.82) is 0 Å². The minimum Gasteiger partial charge on any atom is -0.508 e. The number of hydrogen-bond acceptors (Lipinski definition) is 7. The van der Waals surface area contributed by atoms with Crippen molar-refractivity contribution in [3.8, 4) is 11.8 Å². The summed E-state index contributed by atoms with van der Waals surface area (Å²) in [6, 6.07) is 8.59. The molecule has 3 saturated heterocycles. The number of phenolic OH excluding ortho intramolecular Hbond substituents is 1. The zero-order valence-corrected chi connectivity index (χ0v) is 23.1.